The smallest absolute Gasteiger partial charge is 0.0121 e. The van der Waals surface area contributed by atoms with Crippen LogP contribution < -0.4 is 0 Å². The maximum Gasteiger partial charge on any atom is 0.0121 e. The number of hydrogen-bond acceptors (Lipinski definition) is 3. The fraction of sp³-hybridized carbons (Fsp3) is 1.00. The Morgan fingerprint density at radius 2 is 1.36 bits per heavy atom. The highest BCUT2D eigenvalue weighted by atomic mass is 15.3. The molecule has 2 aliphatic rings. The Bertz CT molecular complexity index is 262. The zero-order chi connectivity index (χ0) is 16.5. The predicted octanol–water partition coefficient (Wildman–Crippen LogP) is 3.55. The molecule has 2 aliphatic heterocycles. The van der Waals surface area contributed by atoms with Gasteiger partial charge in [0.05, 0.1) is 0 Å². The number of nitrogens with zero attached hydrogens (tertiary/aromatic N) is 3. The average molecular weight is 312 g/mol. The summed E-state index contributed by atoms with van der Waals surface area (Å²) in [6.45, 7) is 22.4. The summed E-state index contributed by atoms with van der Waals surface area (Å²) in [7, 11) is 0. The van der Waals surface area contributed by atoms with Crippen molar-refractivity contribution in [3.8, 4) is 0 Å². The van der Waals surface area contributed by atoms with Crippen molar-refractivity contribution in [3.05, 3.63) is 0 Å². The lowest BCUT2D eigenvalue weighted by Crippen LogP contribution is -2.54. The first kappa shape index (κ1) is 19.9. The monoisotopic (exact) mass is 311 g/mol. The highest BCUT2D eigenvalue weighted by molar-refractivity contribution is 4.84. The second-order valence-corrected chi connectivity index (χ2v) is 7.42. The summed E-state index contributed by atoms with van der Waals surface area (Å²) in [6, 6.07) is 1.58. The molecular formula is C19H41N3. The molecule has 0 radical (unpaired) electrons. The van der Waals surface area contributed by atoms with Crippen molar-refractivity contribution in [2.75, 3.05) is 45.8 Å². The van der Waals surface area contributed by atoms with E-state index < -0.39 is 0 Å². The zero-order valence-electron chi connectivity index (χ0n) is 16.1. The number of piperazine rings is 1. The van der Waals surface area contributed by atoms with Crippen molar-refractivity contribution in [1.82, 2.24) is 14.7 Å². The number of piperidine rings is 1. The minimum absolute atomic E-state index is 0.718. The van der Waals surface area contributed by atoms with Crippen molar-refractivity contribution in [2.45, 2.75) is 72.9 Å². The summed E-state index contributed by atoms with van der Waals surface area (Å²) in [4.78, 5) is 8.06. The molecule has 0 spiro atoms. The average Bonchev–Trinajstić information content (AvgIpc) is 2.55. The van der Waals surface area contributed by atoms with Crippen LogP contribution in [-0.4, -0.2) is 72.6 Å². The van der Waals surface area contributed by atoms with Crippen LogP contribution in [0.15, 0.2) is 0 Å². The maximum absolute atomic E-state index is 2.76. The number of likely N-dealkylation sites (tertiary alicyclic amines) is 1. The van der Waals surface area contributed by atoms with Gasteiger partial charge in [-0.05, 0) is 58.7 Å². The molecule has 0 aromatic rings. The molecule has 22 heavy (non-hydrogen) atoms. The first-order chi connectivity index (χ1) is 10.6. The topological polar surface area (TPSA) is 9.72 Å². The van der Waals surface area contributed by atoms with Gasteiger partial charge in [-0.3, -0.25) is 9.80 Å². The molecule has 2 saturated heterocycles. The SMILES string of the molecule is CC.CC(C)CCN1CCC(N2CCN(C(C)C)CC2)CC1. The molecule has 2 fully saturated rings. The van der Waals surface area contributed by atoms with Crippen molar-refractivity contribution < 1.29 is 0 Å². The Balaban J connectivity index is 0.00000116. The van der Waals surface area contributed by atoms with Crippen LogP contribution in [0.25, 0.3) is 0 Å². The molecule has 0 aliphatic carbocycles. The molecule has 132 valence electrons. The van der Waals surface area contributed by atoms with Gasteiger partial charge in [-0.15, -0.1) is 0 Å². The molecule has 0 N–H and O–H groups in total. The molecule has 0 atom stereocenters. The largest absolute Gasteiger partial charge is 0.303 e. The maximum atomic E-state index is 2.76. The second-order valence-electron chi connectivity index (χ2n) is 7.42. The summed E-state index contributed by atoms with van der Waals surface area (Å²) in [6.07, 6.45) is 4.14. The normalized spacial score (nSPS) is 22.9. The van der Waals surface area contributed by atoms with Gasteiger partial charge in [0.25, 0.3) is 0 Å². The van der Waals surface area contributed by atoms with Gasteiger partial charge >= 0.3 is 0 Å². The van der Waals surface area contributed by atoms with Crippen LogP contribution in [0.1, 0.15) is 60.8 Å². The van der Waals surface area contributed by atoms with E-state index in [0.29, 0.717) is 0 Å². The van der Waals surface area contributed by atoms with E-state index >= 15 is 0 Å². The first-order valence-corrected chi connectivity index (χ1v) is 9.76. The van der Waals surface area contributed by atoms with Crippen molar-refractivity contribution >= 4 is 0 Å². The standard InChI is InChI=1S/C17H35N3.C2H6/c1-15(2)5-8-18-9-6-17(7-10-18)20-13-11-19(12-14-20)16(3)4;1-2/h15-17H,5-14H2,1-4H3;1-2H3. The van der Waals surface area contributed by atoms with E-state index in [0.717, 1.165) is 18.0 Å². The van der Waals surface area contributed by atoms with Crippen molar-refractivity contribution in [2.24, 2.45) is 5.92 Å². The van der Waals surface area contributed by atoms with Crippen LogP contribution in [0.3, 0.4) is 0 Å². The molecule has 2 heterocycles. The molecular weight excluding hydrogens is 270 g/mol. The van der Waals surface area contributed by atoms with E-state index in [9.17, 15) is 0 Å². The lowest BCUT2D eigenvalue weighted by atomic mass is 10.0. The van der Waals surface area contributed by atoms with Gasteiger partial charge in [-0.2, -0.15) is 0 Å². The Morgan fingerprint density at radius 1 is 0.818 bits per heavy atom. The molecule has 0 aromatic heterocycles. The molecule has 0 saturated carbocycles. The van der Waals surface area contributed by atoms with E-state index in [2.05, 4.69) is 42.4 Å². The lowest BCUT2D eigenvalue weighted by Gasteiger charge is -2.43. The van der Waals surface area contributed by atoms with Gasteiger partial charge in [-0.25, -0.2) is 0 Å². The molecule has 3 heteroatoms. The third-order valence-corrected chi connectivity index (χ3v) is 5.18. The molecule has 0 unspecified atom stereocenters. The van der Waals surface area contributed by atoms with E-state index in [4.69, 9.17) is 0 Å². The van der Waals surface area contributed by atoms with Gasteiger partial charge in [0.15, 0.2) is 0 Å². The van der Waals surface area contributed by atoms with E-state index in [-0.39, 0.29) is 0 Å². The summed E-state index contributed by atoms with van der Waals surface area (Å²) in [5, 5.41) is 0. The van der Waals surface area contributed by atoms with Gasteiger partial charge in [0, 0.05) is 38.3 Å². The van der Waals surface area contributed by atoms with Crippen LogP contribution in [0.2, 0.25) is 0 Å². The van der Waals surface area contributed by atoms with E-state index in [1.165, 1.54) is 65.1 Å². The fourth-order valence-electron chi connectivity index (χ4n) is 3.57. The summed E-state index contributed by atoms with van der Waals surface area (Å²) >= 11 is 0. The zero-order valence-corrected chi connectivity index (χ0v) is 16.1. The quantitative estimate of drug-likeness (QED) is 0.769. The number of hydrogen-bond donors (Lipinski definition) is 0. The summed E-state index contributed by atoms with van der Waals surface area (Å²) < 4.78 is 0. The Kier molecular flexibility index (Phi) is 9.62. The van der Waals surface area contributed by atoms with Crippen molar-refractivity contribution in [3.63, 3.8) is 0 Å². The predicted molar refractivity (Wildman–Crippen MR) is 98.5 cm³/mol. The third kappa shape index (κ3) is 6.55. The molecule has 2 rings (SSSR count). The minimum Gasteiger partial charge on any atom is -0.303 e. The van der Waals surface area contributed by atoms with Crippen LogP contribution in [-0.2, 0) is 0 Å². The van der Waals surface area contributed by atoms with Gasteiger partial charge in [-0.1, -0.05) is 27.7 Å². The third-order valence-electron chi connectivity index (χ3n) is 5.18. The number of rotatable bonds is 5. The fourth-order valence-corrected chi connectivity index (χ4v) is 3.57. The van der Waals surface area contributed by atoms with Crippen LogP contribution in [0, 0.1) is 5.92 Å². The molecule has 3 nitrogen and oxygen atoms in total. The van der Waals surface area contributed by atoms with Crippen LogP contribution in [0.5, 0.6) is 0 Å². The summed E-state index contributed by atoms with van der Waals surface area (Å²) in [5.41, 5.74) is 0. The van der Waals surface area contributed by atoms with E-state index in [1.807, 2.05) is 13.8 Å². The van der Waals surface area contributed by atoms with Gasteiger partial charge < -0.3 is 4.90 Å². The Morgan fingerprint density at radius 3 is 1.82 bits per heavy atom. The first-order valence-electron chi connectivity index (χ1n) is 9.76. The Hall–Kier alpha value is -0.120. The Labute approximate surface area is 140 Å². The second kappa shape index (κ2) is 10.6. The van der Waals surface area contributed by atoms with Crippen LogP contribution >= 0.6 is 0 Å². The highest BCUT2D eigenvalue weighted by Gasteiger charge is 2.27. The van der Waals surface area contributed by atoms with Crippen LogP contribution in [0.4, 0.5) is 0 Å². The molecule has 0 bridgehead atoms. The lowest BCUT2D eigenvalue weighted by molar-refractivity contribution is 0.0478. The van der Waals surface area contributed by atoms with Gasteiger partial charge in [0.2, 0.25) is 0 Å². The van der Waals surface area contributed by atoms with Crippen molar-refractivity contribution in [1.29, 1.82) is 0 Å². The minimum atomic E-state index is 0.718. The van der Waals surface area contributed by atoms with E-state index in [1.54, 1.807) is 0 Å². The molecule has 0 aromatic carbocycles. The highest BCUT2D eigenvalue weighted by Crippen LogP contribution is 2.19. The summed E-state index contributed by atoms with van der Waals surface area (Å²) in [5.74, 6) is 0.844. The molecule has 0 amide bonds. The van der Waals surface area contributed by atoms with Gasteiger partial charge in [0.1, 0.15) is 0 Å².